The van der Waals surface area contributed by atoms with Crippen LogP contribution in [0.2, 0.25) is 5.02 Å². The number of benzene rings is 1. The van der Waals surface area contributed by atoms with Crippen molar-refractivity contribution in [2.24, 2.45) is 0 Å². The average Bonchev–Trinajstić information content (AvgIpc) is 2.40. The molecule has 1 aromatic heterocycles. The first kappa shape index (κ1) is 13.5. The molecule has 0 saturated heterocycles. The molecule has 3 nitrogen and oxygen atoms in total. The molecule has 2 aromatic rings. The number of rotatable bonds is 4. The standard InChI is InChI=1S/C13H10ClF2NO2/c1-18-12-5-2-8(7-17-12)10-6-9(14)3-4-11(10)19-13(15)16/h2-7,13H,1H3. The first-order chi connectivity index (χ1) is 9.10. The van der Waals surface area contributed by atoms with Crippen LogP contribution in [0.3, 0.4) is 0 Å². The summed E-state index contributed by atoms with van der Waals surface area (Å²) in [6.07, 6.45) is 1.50. The molecule has 0 bridgehead atoms. The van der Waals surface area contributed by atoms with Gasteiger partial charge < -0.3 is 9.47 Å². The van der Waals surface area contributed by atoms with Crippen LogP contribution in [0.25, 0.3) is 11.1 Å². The Balaban J connectivity index is 2.43. The van der Waals surface area contributed by atoms with Crippen LogP contribution >= 0.6 is 11.6 Å². The summed E-state index contributed by atoms with van der Waals surface area (Å²) >= 11 is 5.87. The van der Waals surface area contributed by atoms with Crippen molar-refractivity contribution in [3.63, 3.8) is 0 Å². The van der Waals surface area contributed by atoms with Gasteiger partial charge in [-0.2, -0.15) is 8.78 Å². The summed E-state index contributed by atoms with van der Waals surface area (Å²) in [6.45, 7) is -2.90. The van der Waals surface area contributed by atoms with Crippen molar-refractivity contribution in [3.05, 3.63) is 41.6 Å². The minimum Gasteiger partial charge on any atom is -0.481 e. The highest BCUT2D eigenvalue weighted by Gasteiger charge is 2.12. The quantitative estimate of drug-likeness (QED) is 0.850. The molecule has 100 valence electrons. The smallest absolute Gasteiger partial charge is 0.387 e. The zero-order valence-corrected chi connectivity index (χ0v) is 10.7. The summed E-state index contributed by atoms with van der Waals surface area (Å²) in [5, 5.41) is 0.424. The normalized spacial score (nSPS) is 10.6. The van der Waals surface area contributed by atoms with E-state index >= 15 is 0 Å². The van der Waals surface area contributed by atoms with E-state index in [2.05, 4.69) is 9.72 Å². The van der Waals surface area contributed by atoms with Gasteiger partial charge in [0.25, 0.3) is 0 Å². The Kier molecular flexibility index (Phi) is 4.16. The van der Waals surface area contributed by atoms with Crippen LogP contribution in [0.15, 0.2) is 36.5 Å². The number of alkyl halides is 2. The van der Waals surface area contributed by atoms with Crippen LogP contribution in [0.5, 0.6) is 11.6 Å². The monoisotopic (exact) mass is 285 g/mol. The third-order valence-electron chi connectivity index (χ3n) is 2.41. The van der Waals surface area contributed by atoms with Crippen molar-refractivity contribution in [2.75, 3.05) is 7.11 Å². The van der Waals surface area contributed by atoms with E-state index < -0.39 is 6.61 Å². The van der Waals surface area contributed by atoms with Gasteiger partial charge in [-0.25, -0.2) is 4.98 Å². The van der Waals surface area contributed by atoms with Crippen molar-refractivity contribution in [1.82, 2.24) is 4.98 Å². The summed E-state index contributed by atoms with van der Waals surface area (Å²) in [6, 6.07) is 7.74. The Morgan fingerprint density at radius 3 is 2.58 bits per heavy atom. The fourth-order valence-corrected chi connectivity index (χ4v) is 1.76. The zero-order chi connectivity index (χ0) is 13.8. The van der Waals surface area contributed by atoms with E-state index in [4.69, 9.17) is 16.3 Å². The Labute approximate surface area is 113 Å². The van der Waals surface area contributed by atoms with Gasteiger partial charge in [-0.05, 0) is 24.3 Å². The van der Waals surface area contributed by atoms with Crippen molar-refractivity contribution in [3.8, 4) is 22.8 Å². The number of methoxy groups -OCH3 is 1. The van der Waals surface area contributed by atoms with Crippen molar-refractivity contribution in [2.45, 2.75) is 6.61 Å². The largest absolute Gasteiger partial charge is 0.481 e. The predicted molar refractivity (Wildman–Crippen MR) is 67.9 cm³/mol. The molecule has 0 saturated carbocycles. The second-order valence-corrected chi connectivity index (χ2v) is 4.04. The van der Waals surface area contributed by atoms with Gasteiger partial charge in [-0.15, -0.1) is 0 Å². The minimum absolute atomic E-state index is 0.0476. The molecule has 0 N–H and O–H groups in total. The van der Waals surface area contributed by atoms with E-state index in [1.807, 2.05) is 0 Å². The highest BCUT2D eigenvalue weighted by Crippen LogP contribution is 2.33. The second kappa shape index (κ2) is 5.84. The Bertz CT molecular complexity index is 561. The molecule has 0 atom stereocenters. The SMILES string of the molecule is COc1ccc(-c2cc(Cl)ccc2OC(F)F)cn1. The summed E-state index contributed by atoms with van der Waals surface area (Å²) in [5.74, 6) is 0.480. The lowest BCUT2D eigenvalue weighted by Gasteiger charge is -2.11. The fraction of sp³-hybridized carbons (Fsp3) is 0.154. The van der Waals surface area contributed by atoms with Gasteiger partial charge in [-0.1, -0.05) is 11.6 Å². The number of halogens is 3. The molecule has 0 unspecified atom stereocenters. The molecule has 0 aliphatic carbocycles. The van der Waals surface area contributed by atoms with Gasteiger partial charge in [0.1, 0.15) is 5.75 Å². The number of ether oxygens (including phenoxy) is 2. The van der Waals surface area contributed by atoms with E-state index in [1.54, 1.807) is 18.2 Å². The lowest BCUT2D eigenvalue weighted by Crippen LogP contribution is -2.03. The van der Waals surface area contributed by atoms with E-state index in [0.29, 0.717) is 22.0 Å². The molecule has 0 aliphatic heterocycles. The first-order valence-electron chi connectivity index (χ1n) is 5.35. The molecule has 0 radical (unpaired) electrons. The van der Waals surface area contributed by atoms with Gasteiger partial charge in [0.2, 0.25) is 5.88 Å². The average molecular weight is 286 g/mol. The van der Waals surface area contributed by atoms with E-state index in [9.17, 15) is 8.78 Å². The maximum absolute atomic E-state index is 12.3. The highest BCUT2D eigenvalue weighted by atomic mass is 35.5. The molecule has 0 spiro atoms. The third kappa shape index (κ3) is 3.32. The Hall–Kier alpha value is -1.88. The molecule has 19 heavy (non-hydrogen) atoms. The van der Waals surface area contributed by atoms with Crippen LogP contribution in [-0.2, 0) is 0 Å². The fourth-order valence-electron chi connectivity index (χ4n) is 1.59. The maximum atomic E-state index is 12.3. The van der Waals surface area contributed by atoms with Gasteiger partial charge in [0.15, 0.2) is 0 Å². The van der Waals surface area contributed by atoms with Gasteiger partial charge in [0.05, 0.1) is 7.11 Å². The van der Waals surface area contributed by atoms with Crippen LogP contribution in [0.1, 0.15) is 0 Å². The van der Waals surface area contributed by atoms with E-state index in [-0.39, 0.29) is 5.75 Å². The lowest BCUT2D eigenvalue weighted by molar-refractivity contribution is -0.0494. The molecule has 0 fully saturated rings. The van der Waals surface area contributed by atoms with Gasteiger partial charge in [-0.3, -0.25) is 0 Å². The number of hydrogen-bond donors (Lipinski definition) is 0. The minimum atomic E-state index is -2.90. The third-order valence-corrected chi connectivity index (χ3v) is 2.65. The molecule has 0 aliphatic rings. The Morgan fingerprint density at radius 1 is 1.21 bits per heavy atom. The number of aromatic nitrogens is 1. The van der Waals surface area contributed by atoms with Crippen molar-refractivity contribution >= 4 is 11.6 Å². The number of hydrogen-bond acceptors (Lipinski definition) is 3. The first-order valence-corrected chi connectivity index (χ1v) is 5.72. The van der Waals surface area contributed by atoms with E-state index in [1.165, 1.54) is 25.4 Å². The van der Waals surface area contributed by atoms with Gasteiger partial charge >= 0.3 is 6.61 Å². The van der Waals surface area contributed by atoms with Crippen LogP contribution < -0.4 is 9.47 Å². The Morgan fingerprint density at radius 2 is 2.00 bits per heavy atom. The molecule has 0 amide bonds. The molecule has 1 aromatic carbocycles. The van der Waals surface area contributed by atoms with Gasteiger partial charge in [0, 0.05) is 28.4 Å². The highest BCUT2D eigenvalue weighted by molar-refractivity contribution is 6.31. The molecule has 2 rings (SSSR count). The summed E-state index contributed by atoms with van der Waals surface area (Å²) < 4.78 is 34.1. The van der Waals surface area contributed by atoms with Crippen LogP contribution in [0.4, 0.5) is 8.78 Å². The lowest BCUT2D eigenvalue weighted by atomic mass is 10.1. The molecular formula is C13H10ClF2NO2. The second-order valence-electron chi connectivity index (χ2n) is 3.61. The molecular weight excluding hydrogens is 276 g/mol. The van der Waals surface area contributed by atoms with Crippen LogP contribution in [-0.4, -0.2) is 18.7 Å². The van der Waals surface area contributed by atoms with E-state index in [0.717, 1.165) is 0 Å². The van der Waals surface area contributed by atoms with Crippen LogP contribution in [0, 0.1) is 0 Å². The number of pyridine rings is 1. The van der Waals surface area contributed by atoms with Crippen molar-refractivity contribution < 1.29 is 18.3 Å². The summed E-state index contributed by atoms with van der Waals surface area (Å²) in [5.41, 5.74) is 1.06. The topological polar surface area (TPSA) is 31.4 Å². The zero-order valence-electron chi connectivity index (χ0n) is 9.94. The van der Waals surface area contributed by atoms with Crippen molar-refractivity contribution in [1.29, 1.82) is 0 Å². The summed E-state index contributed by atoms with van der Waals surface area (Å²) in [4.78, 5) is 4.02. The maximum Gasteiger partial charge on any atom is 0.387 e. The molecule has 6 heteroatoms. The number of nitrogens with zero attached hydrogens (tertiary/aromatic N) is 1. The molecule has 1 heterocycles. The summed E-state index contributed by atoms with van der Waals surface area (Å²) in [7, 11) is 1.49. The predicted octanol–water partition coefficient (Wildman–Crippen LogP) is 4.01.